The predicted molar refractivity (Wildman–Crippen MR) is 102 cm³/mol. The first-order valence-corrected chi connectivity index (χ1v) is 9.94. The van der Waals surface area contributed by atoms with Gasteiger partial charge in [0, 0.05) is 5.56 Å². The van der Waals surface area contributed by atoms with Crippen molar-refractivity contribution in [2.24, 2.45) is 5.10 Å². The molecule has 26 heavy (non-hydrogen) atoms. The summed E-state index contributed by atoms with van der Waals surface area (Å²) in [5.41, 5.74) is 0.698. The second kappa shape index (κ2) is 9.24. The monoisotopic (exact) mass is 376 g/mol. The van der Waals surface area contributed by atoms with Gasteiger partial charge in [-0.25, -0.2) is 4.83 Å². The van der Waals surface area contributed by atoms with E-state index in [1.165, 1.54) is 18.3 Å². The highest BCUT2D eigenvalue weighted by Crippen LogP contribution is 2.18. The number of hydrogen-bond acceptors (Lipinski definition) is 5. The van der Waals surface area contributed by atoms with E-state index in [1.54, 1.807) is 18.2 Å². The Hall–Kier alpha value is -2.54. The van der Waals surface area contributed by atoms with E-state index in [1.807, 2.05) is 39.0 Å². The second-order valence-electron chi connectivity index (χ2n) is 5.88. The normalized spacial score (nSPS) is 11.7. The minimum absolute atomic E-state index is 0.0233. The Kier molecular flexibility index (Phi) is 7.03. The molecule has 2 rings (SSSR count). The lowest BCUT2D eigenvalue weighted by atomic mass is 10.2. The zero-order valence-electron chi connectivity index (χ0n) is 15.2. The maximum atomic E-state index is 12.3. The molecule has 2 aromatic rings. The predicted octanol–water partition coefficient (Wildman–Crippen LogP) is 3.58. The van der Waals surface area contributed by atoms with Crippen LogP contribution in [-0.4, -0.2) is 27.3 Å². The Morgan fingerprint density at radius 1 is 1.12 bits per heavy atom. The Balaban J connectivity index is 2.07. The number of rotatable bonds is 9. The van der Waals surface area contributed by atoms with Crippen molar-refractivity contribution in [1.82, 2.24) is 4.83 Å². The third-order valence-corrected chi connectivity index (χ3v) is 4.50. The van der Waals surface area contributed by atoms with Crippen LogP contribution in [0.2, 0.25) is 0 Å². The molecular formula is C19H24N2O4S. The molecule has 140 valence electrons. The van der Waals surface area contributed by atoms with Crippen LogP contribution in [0.1, 0.15) is 32.8 Å². The molecule has 1 N–H and O–H groups in total. The van der Waals surface area contributed by atoms with Gasteiger partial charge in [0.2, 0.25) is 0 Å². The number of para-hydroxylation sites is 1. The first-order chi connectivity index (χ1) is 12.4. The van der Waals surface area contributed by atoms with Gasteiger partial charge < -0.3 is 9.47 Å². The average Bonchev–Trinajstić information content (AvgIpc) is 2.61. The number of sulfonamides is 1. The molecule has 0 atom stereocenters. The molecule has 0 radical (unpaired) electrons. The lowest BCUT2D eigenvalue weighted by molar-refractivity contribution is 0.242. The molecule has 2 aromatic carbocycles. The number of ether oxygens (including phenoxy) is 2. The number of nitrogens with zero attached hydrogens (tertiary/aromatic N) is 1. The fourth-order valence-electron chi connectivity index (χ4n) is 2.12. The minimum atomic E-state index is -3.75. The molecule has 0 saturated carbocycles. The van der Waals surface area contributed by atoms with Gasteiger partial charge in [-0.15, -0.1) is 0 Å². The highest BCUT2D eigenvalue weighted by Gasteiger charge is 2.13. The van der Waals surface area contributed by atoms with Crippen molar-refractivity contribution in [2.45, 2.75) is 38.2 Å². The largest absolute Gasteiger partial charge is 0.493 e. The molecule has 0 saturated heterocycles. The van der Waals surface area contributed by atoms with E-state index in [4.69, 9.17) is 9.47 Å². The molecule has 0 aromatic heterocycles. The number of hydrazone groups is 1. The molecule has 0 aliphatic heterocycles. The summed E-state index contributed by atoms with van der Waals surface area (Å²) in [6.07, 6.45) is 2.34. The summed E-state index contributed by atoms with van der Waals surface area (Å²) in [4.78, 5) is 2.32. The van der Waals surface area contributed by atoms with E-state index in [0.29, 0.717) is 23.7 Å². The zero-order valence-corrected chi connectivity index (χ0v) is 16.0. The lowest BCUT2D eigenvalue weighted by Gasteiger charge is -2.10. The summed E-state index contributed by atoms with van der Waals surface area (Å²) in [7, 11) is -3.75. The molecule has 0 amide bonds. The van der Waals surface area contributed by atoms with E-state index in [-0.39, 0.29) is 11.0 Å². The van der Waals surface area contributed by atoms with Crippen LogP contribution in [0, 0.1) is 0 Å². The van der Waals surface area contributed by atoms with E-state index in [2.05, 4.69) is 9.93 Å². The van der Waals surface area contributed by atoms with Crippen LogP contribution in [-0.2, 0) is 10.0 Å². The van der Waals surface area contributed by atoms with E-state index in [0.717, 1.165) is 6.42 Å². The summed E-state index contributed by atoms with van der Waals surface area (Å²) in [6, 6.07) is 13.5. The van der Waals surface area contributed by atoms with Gasteiger partial charge in [0.1, 0.15) is 11.5 Å². The van der Waals surface area contributed by atoms with E-state index in [9.17, 15) is 8.42 Å². The third kappa shape index (κ3) is 5.77. The van der Waals surface area contributed by atoms with Crippen LogP contribution in [0.15, 0.2) is 58.5 Å². The molecule has 0 fully saturated rings. The van der Waals surface area contributed by atoms with Crippen molar-refractivity contribution in [3.63, 3.8) is 0 Å². The van der Waals surface area contributed by atoms with Crippen molar-refractivity contribution >= 4 is 16.2 Å². The maximum absolute atomic E-state index is 12.3. The Morgan fingerprint density at radius 3 is 2.46 bits per heavy atom. The van der Waals surface area contributed by atoms with Crippen LogP contribution in [0.4, 0.5) is 0 Å². The van der Waals surface area contributed by atoms with Crippen molar-refractivity contribution in [3.8, 4) is 11.5 Å². The highest BCUT2D eigenvalue weighted by molar-refractivity contribution is 7.89. The van der Waals surface area contributed by atoms with Gasteiger partial charge in [-0.3, -0.25) is 0 Å². The number of nitrogens with one attached hydrogen (secondary N) is 1. The van der Waals surface area contributed by atoms with Gasteiger partial charge in [-0.05, 0) is 56.7 Å². The van der Waals surface area contributed by atoms with Crippen molar-refractivity contribution in [1.29, 1.82) is 0 Å². The zero-order chi connectivity index (χ0) is 19.0. The molecular weight excluding hydrogens is 352 g/mol. The average molecular weight is 376 g/mol. The number of benzene rings is 2. The summed E-state index contributed by atoms with van der Waals surface area (Å²) >= 11 is 0. The second-order valence-corrected chi connectivity index (χ2v) is 7.54. The van der Waals surface area contributed by atoms with Gasteiger partial charge in [0.15, 0.2) is 0 Å². The van der Waals surface area contributed by atoms with Crippen LogP contribution >= 0.6 is 0 Å². The first-order valence-electron chi connectivity index (χ1n) is 8.46. The quantitative estimate of drug-likeness (QED) is 0.536. The lowest BCUT2D eigenvalue weighted by Crippen LogP contribution is -2.18. The van der Waals surface area contributed by atoms with Gasteiger partial charge >= 0.3 is 0 Å². The molecule has 0 aliphatic carbocycles. The molecule has 7 heteroatoms. The Morgan fingerprint density at radius 2 is 1.81 bits per heavy atom. The Bertz CT molecular complexity index is 831. The molecule has 0 heterocycles. The molecule has 0 bridgehead atoms. The smallest absolute Gasteiger partial charge is 0.276 e. The fourth-order valence-corrected chi connectivity index (χ4v) is 2.91. The van der Waals surface area contributed by atoms with Crippen molar-refractivity contribution < 1.29 is 17.9 Å². The first kappa shape index (κ1) is 19.8. The van der Waals surface area contributed by atoms with Crippen LogP contribution in [0.25, 0.3) is 0 Å². The summed E-state index contributed by atoms with van der Waals surface area (Å²) in [5, 5.41) is 3.86. The summed E-state index contributed by atoms with van der Waals surface area (Å²) in [5.74, 6) is 1.27. The Labute approximate surface area is 154 Å². The highest BCUT2D eigenvalue weighted by atomic mass is 32.2. The van der Waals surface area contributed by atoms with Crippen LogP contribution < -0.4 is 14.3 Å². The maximum Gasteiger partial charge on any atom is 0.276 e. The SMILES string of the molecule is CCCOc1ccccc1/C=N/NS(=O)(=O)c1ccc(OC(C)C)cc1. The van der Waals surface area contributed by atoms with E-state index < -0.39 is 10.0 Å². The topological polar surface area (TPSA) is 77.0 Å². The number of hydrogen-bond donors (Lipinski definition) is 1. The molecule has 0 spiro atoms. The summed E-state index contributed by atoms with van der Waals surface area (Å²) < 4.78 is 35.8. The van der Waals surface area contributed by atoms with Gasteiger partial charge in [-0.1, -0.05) is 19.1 Å². The fraction of sp³-hybridized carbons (Fsp3) is 0.316. The van der Waals surface area contributed by atoms with Gasteiger partial charge in [-0.2, -0.15) is 13.5 Å². The van der Waals surface area contributed by atoms with Crippen molar-refractivity contribution in [3.05, 3.63) is 54.1 Å². The van der Waals surface area contributed by atoms with Crippen LogP contribution in [0.5, 0.6) is 11.5 Å². The van der Waals surface area contributed by atoms with E-state index >= 15 is 0 Å². The molecule has 6 nitrogen and oxygen atoms in total. The van der Waals surface area contributed by atoms with Crippen molar-refractivity contribution in [2.75, 3.05) is 6.61 Å². The van der Waals surface area contributed by atoms with Crippen LogP contribution in [0.3, 0.4) is 0 Å². The van der Waals surface area contributed by atoms with Gasteiger partial charge in [0.25, 0.3) is 10.0 Å². The minimum Gasteiger partial charge on any atom is -0.493 e. The standard InChI is InChI=1S/C19H24N2O4S/c1-4-13-24-19-8-6-5-7-16(19)14-20-21-26(22,23)18-11-9-17(10-12-18)25-15(2)3/h5-12,14-15,21H,4,13H2,1-3H3/b20-14+. The molecule has 0 unspecified atom stereocenters. The summed E-state index contributed by atoms with van der Waals surface area (Å²) in [6.45, 7) is 6.41. The third-order valence-electron chi connectivity index (χ3n) is 3.26. The van der Waals surface area contributed by atoms with Gasteiger partial charge in [0.05, 0.1) is 23.8 Å². The molecule has 0 aliphatic rings.